The number of ether oxygens (including phenoxy) is 2. The van der Waals surface area contributed by atoms with Gasteiger partial charge in [0, 0.05) is 35.9 Å². The van der Waals surface area contributed by atoms with Crippen molar-refractivity contribution < 1.29 is 19.1 Å². The summed E-state index contributed by atoms with van der Waals surface area (Å²) in [5, 5.41) is 6.02. The Morgan fingerprint density at radius 3 is 2.69 bits per heavy atom. The van der Waals surface area contributed by atoms with E-state index in [0.29, 0.717) is 46.4 Å². The molecule has 2 aliphatic rings. The summed E-state index contributed by atoms with van der Waals surface area (Å²) in [4.78, 5) is 31.7. The number of H-pyrrole nitrogens is 1. The normalized spacial score (nSPS) is 20.8. The lowest BCUT2D eigenvalue weighted by Crippen LogP contribution is -2.43. The molecular weight excluding hydrogens is 503 g/mol. The molecule has 2 aliphatic heterocycles. The first-order valence-electron chi connectivity index (χ1n) is 12.3. The van der Waals surface area contributed by atoms with Gasteiger partial charge in [-0.15, -0.1) is 0 Å². The van der Waals surface area contributed by atoms with E-state index in [0.717, 1.165) is 36.6 Å². The van der Waals surface area contributed by atoms with Crippen molar-refractivity contribution in [3.8, 4) is 11.1 Å². The van der Waals surface area contributed by atoms with E-state index in [9.17, 15) is 9.59 Å². The van der Waals surface area contributed by atoms with Crippen molar-refractivity contribution in [3.63, 3.8) is 0 Å². The van der Waals surface area contributed by atoms with Gasteiger partial charge in [-0.3, -0.25) is 4.79 Å². The van der Waals surface area contributed by atoms with Crippen LogP contribution in [0.3, 0.4) is 0 Å². The summed E-state index contributed by atoms with van der Waals surface area (Å²) in [5.74, 6) is -0.683. The second kappa shape index (κ2) is 9.72. The Bertz CT molecular complexity index is 1300. The van der Waals surface area contributed by atoms with Crippen LogP contribution in [-0.4, -0.2) is 56.3 Å². The number of aromatic nitrogens is 3. The summed E-state index contributed by atoms with van der Waals surface area (Å²) in [6, 6.07) is 2.91. The van der Waals surface area contributed by atoms with Gasteiger partial charge in [-0.05, 0) is 58.9 Å². The maximum atomic E-state index is 14.0. The highest BCUT2D eigenvalue weighted by Gasteiger charge is 2.39. The highest BCUT2D eigenvalue weighted by Crippen LogP contribution is 2.40. The Hall–Kier alpha value is -2.55. The predicted molar refractivity (Wildman–Crippen MR) is 138 cm³/mol. The maximum absolute atomic E-state index is 14.0. The van der Waals surface area contributed by atoms with Gasteiger partial charge in [0.15, 0.2) is 0 Å². The summed E-state index contributed by atoms with van der Waals surface area (Å²) >= 11 is 12.8. The molecule has 0 saturated carbocycles. The van der Waals surface area contributed by atoms with E-state index in [4.69, 9.17) is 32.7 Å². The van der Waals surface area contributed by atoms with E-state index in [2.05, 4.69) is 10.1 Å². The van der Waals surface area contributed by atoms with Gasteiger partial charge in [-0.2, -0.15) is 5.10 Å². The standard InChI is InChI=1S/C26H30Cl2N4O4/c1-26(2,3)36-25(34)18-7-6-11-31(18)24(33)23-20(16-9-10-17(27)21(28)22(16)30-23)15-13-29-32(14-15)19-8-4-5-12-35-19/h9-10,13-14,18-19,30H,4-8,11-12H2,1-3H3/t18-,19?/m0/s1. The van der Waals surface area contributed by atoms with Gasteiger partial charge in [0.05, 0.1) is 21.8 Å². The van der Waals surface area contributed by atoms with Crippen molar-refractivity contribution in [2.45, 2.75) is 70.7 Å². The van der Waals surface area contributed by atoms with Crippen LogP contribution in [0.5, 0.6) is 0 Å². The van der Waals surface area contributed by atoms with Crippen LogP contribution in [0.4, 0.5) is 0 Å². The van der Waals surface area contributed by atoms with Gasteiger partial charge >= 0.3 is 5.97 Å². The van der Waals surface area contributed by atoms with E-state index in [1.54, 1.807) is 21.8 Å². The van der Waals surface area contributed by atoms with Crippen molar-refractivity contribution in [2.75, 3.05) is 13.2 Å². The lowest BCUT2D eigenvalue weighted by molar-refractivity contribution is -0.159. The number of hydrogen-bond acceptors (Lipinski definition) is 5. The number of carbonyl (C=O) groups is 2. The lowest BCUT2D eigenvalue weighted by Gasteiger charge is -2.27. The highest BCUT2D eigenvalue weighted by molar-refractivity contribution is 6.45. The lowest BCUT2D eigenvalue weighted by atomic mass is 10.0. The number of nitrogens with one attached hydrogen (secondary N) is 1. The third-order valence-electron chi connectivity index (χ3n) is 6.61. The molecule has 2 saturated heterocycles. The van der Waals surface area contributed by atoms with Gasteiger partial charge in [0.1, 0.15) is 23.6 Å². The smallest absolute Gasteiger partial charge is 0.329 e. The fraction of sp³-hybridized carbons (Fsp3) is 0.500. The summed E-state index contributed by atoms with van der Waals surface area (Å²) in [6.45, 7) is 6.62. The molecule has 1 aromatic carbocycles. The first-order chi connectivity index (χ1) is 17.1. The first kappa shape index (κ1) is 25.1. The van der Waals surface area contributed by atoms with Crippen molar-refractivity contribution >= 4 is 46.0 Å². The van der Waals surface area contributed by atoms with Gasteiger partial charge in [0.2, 0.25) is 0 Å². The van der Waals surface area contributed by atoms with Gasteiger partial charge < -0.3 is 19.4 Å². The summed E-state index contributed by atoms with van der Waals surface area (Å²) in [5.41, 5.74) is 1.70. The number of esters is 1. The van der Waals surface area contributed by atoms with Crippen LogP contribution in [-0.2, 0) is 14.3 Å². The Balaban J connectivity index is 1.56. The van der Waals surface area contributed by atoms with Crippen molar-refractivity contribution in [1.29, 1.82) is 0 Å². The summed E-state index contributed by atoms with van der Waals surface area (Å²) in [7, 11) is 0. The molecule has 2 atom stereocenters. The predicted octanol–water partition coefficient (Wildman–Crippen LogP) is 5.98. The van der Waals surface area contributed by atoms with Crippen LogP contribution >= 0.6 is 23.2 Å². The van der Waals surface area contributed by atoms with Crippen LogP contribution in [0, 0.1) is 0 Å². The minimum atomic E-state index is -0.645. The third-order valence-corrected chi connectivity index (χ3v) is 7.42. The van der Waals surface area contributed by atoms with Crippen LogP contribution in [0.1, 0.15) is 69.6 Å². The molecule has 4 heterocycles. The van der Waals surface area contributed by atoms with Crippen molar-refractivity contribution in [1.82, 2.24) is 19.7 Å². The number of fused-ring (bicyclic) bond motifs is 1. The number of rotatable bonds is 4. The van der Waals surface area contributed by atoms with E-state index in [1.165, 1.54) is 0 Å². The van der Waals surface area contributed by atoms with Crippen LogP contribution in [0.25, 0.3) is 22.0 Å². The average Bonchev–Trinajstić information content (AvgIpc) is 3.58. The van der Waals surface area contributed by atoms with Crippen LogP contribution in [0.15, 0.2) is 24.5 Å². The number of amides is 1. The monoisotopic (exact) mass is 532 g/mol. The van der Waals surface area contributed by atoms with Crippen molar-refractivity contribution in [2.24, 2.45) is 0 Å². The van der Waals surface area contributed by atoms with E-state index < -0.39 is 17.6 Å². The SMILES string of the molecule is CC(C)(C)OC(=O)[C@@H]1CCCN1C(=O)c1[nH]c2c(Cl)c(Cl)ccc2c1-c1cnn(C2CCCCO2)c1. The van der Waals surface area contributed by atoms with Crippen molar-refractivity contribution in [3.05, 3.63) is 40.3 Å². The highest BCUT2D eigenvalue weighted by atomic mass is 35.5. The van der Waals surface area contributed by atoms with E-state index in [1.807, 2.05) is 33.0 Å². The second-order valence-electron chi connectivity index (χ2n) is 10.4. The molecule has 192 valence electrons. The van der Waals surface area contributed by atoms with Crippen LogP contribution in [0.2, 0.25) is 10.0 Å². The third kappa shape index (κ3) is 4.74. The Labute approximate surface area is 219 Å². The molecule has 2 fully saturated rings. The number of halogens is 2. The maximum Gasteiger partial charge on any atom is 0.329 e. The number of hydrogen-bond donors (Lipinski definition) is 1. The molecule has 1 N–H and O–H groups in total. The first-order valence-corrected chi connectivity index (χ1v) is 13.1. The molecule has 3 aromatic rings. The molecule has 36 heavy (non-hydrogen) atoms. The number of aromatic amines is 1. The average molecular weight is 533 g/mol. The van der Waals surface area contributed by atoms with Gasteiger partial charge in [0.25, 0.3) is 5.91 Å². The molecule has 1 unspecified atom stereocenters. The summed E-state index contributed by atoms with van der Waals surface area (Å²) < 4.78 is 13.3. The molecule has 5 rings (SSSR count). The molecule has 0 aliphatic carbocycles. The molecular formula is C26H30Cl2N4O4. The Morgan fingerprint density at radius 2 is 1.97 bits per heavy atom. The minimum Gasteiger partial charge on any atom is -0.458 e. The molecule has 8 nitrogen and oxygen atoms in total. The zero-order chi connectivity index (χ0) is 25.6. The zero-order valence-corrected chi connectivity index (χ0v) is 22.2. The second-order valence-corrected chi connectivity index (χ2v) is 11.2. The number of benzene rings is 1. The van der Waals surface area contributed by atoms with E-state index in [-0.39, 0.29) is 12.1 Å². The molecule has 1 amide bonds. The number of likely N-dealkylation sites (tertiary alicyclic amines) is 1. The fourth-order valence-electron chi connectivity index (χ4n) is 4.99. The Morgan fingerprint density at radius 1 is 1.17 bits per heavy atom. The quantitative estimate of drug-likeness (QED) is 0.417. The molecule has 0 spiro atoms. The van der Waals surface area contributed by atoms with Gasteiger partial charge in [-0.1, -0.05) is 29.3 Å². The fourth-order valence-corrected chi connectivity index (χ4v) is 5.36. The molecule has 2 aromatic heterocycles. The number of carbonyl (C=O) groups excluding carboxylic acids is 2. The van der Waals surface area contributed by atoms with E-state index >= 15 is 0 Å². The topological polar surface area (TPSA) is 89.5 Å². The molecule has 0 radical (unpaired) electrons. The molecule has 0 bridgehead atoms. The number of nitrogens with zero attached hydrogens (tertiary/aromatic N) is 3. The summed E-state index contributed by atoms with van der Waals surface area (Å²) in [6.07, 6.45) is 7.76. The largest absolute Gasteiger partial charge is 0.458 e. The van der Waals surface area contributed by atoms with Crippen LogP contribution < -0.4 is 0 Å². The van der Waals surface area contributed by atoms with Gasteiger partial charge in [-0.25, -0.2) is 9.48 Å². The Kier molecular flexibility index (Phi) is 6.78. The zero-order valence-electron chi connectivity index (χ0n) is 20.6. The minimum absolute atomic E-state index is 0.134. The molecule has 10 heteroatoms.